The Balaban J connectivity index is 1.46. The topological polar surface area (TPSA) is 108 Å². The molecule has 0 amide bonds. The van der Waals surface area contributed by atoms with Gasteiger partial charge in [-0.1, -0.05) is 6.07 Å². The molecule has 1 atom stereocenters. The Bertz CT molecular complexity index is 1360. The number of carboxylic acid groups (broad SMARTS) is 1. The van der Waals surface area contributed by atoms with E-state index in [0.29, 0.717) is 36.6 Å². The van der Waals surface area contributed by atoms with Crippen LogP contribution in [0.2, 0.25) is 0 Å². The van der Waals surface area contributed by atoms with Crippen molar-refractivity contribution in [2.75, 3.05) is 20.8 Å². The fraction of sp³-hybridized carbons (Fsp3) is 0.280. The summed E-state index contributed by atoms with van der Waals surface area (Å²) in [6, 6.07) is 10.5. The molecule has 3 N–H and O–H groups in total. The third kappa shape index (κ3) is 3.91. The van der Waals surface area contributed by atoms with Crippen molar-refractivity contribution in [2.45, 2.75) is 25.6 Å². The third-order valence-electron chi connectivity index (χ3n) is 6.25. The number of ether oxygens (including phenoxy) is 2. The number of hydrogen-bond acceptors (Lipinski definition) is 7. The van der Waals surface area contributed by atoms with E-state index >= 15 is 0 Å². The molecule has 0 saturated heterocycles. The van der Waals surface area contributed by atoms with Crippen LogP contribution in [0.1, 0.15) is 27.7 Å². The van der Waals surface area contributed by atoms with Gasteiger partial charge in [0.1, 0.15) is 11.0 Å². The molecule has 2 aromatic heterocycles. The minimum Gasteiger partial charge on any atom is -0.493 e. The van der Waals surface area contributed by atoms with Crippen molar-refractivity contribution in [3.05, 3.63) is 64.3 Å². The van der Waals surface area contributed by atoms with Crippen LogP contribution in [0.3, 0.4) is 0 Å². The first-order chi connectivity index (χ1) is 16.5. The van der Waals surface area contributed by atoms with Gasteiger partial charge in [0.2, 0.25) is 0 Å². The van der Waals surface area contributed by atoms with E-state index in [1.807, 2.05) is 41.3 Å². The number of rotatable bonds is 7. The van der Waals surface area contributed by atoms with E-state index in [-0.39, 0.29) is 6.61 Å². The van der Waals surface area contributed by atoms with Gasteiger partial charge in [0.25, 0.3) is 0 Å². The number of fused-ring (bicyclic) bond motifs is 2. The number of carboxylic acids is 1. The SMILES string of the molecule is COc1ccc(-c2nc3c(s2)CN([C@@H](C(=O)O)c2c[nH]c4ccc(CO)cc24)CC3)cc1OC. The lowest BCUT2D eigenvalue weighted by Gasteiger charge is -2.31. The number of nitrogens with zero attached hydrogens (tertiary/aromatic N) is 2. The summed E-state index contributed by atoms with van der Waals surface area (Å²) >= 11 is 1.58. The lowest BCUT2D eigenvalue weighted by Crippen LogP contribution is -2.37. The van der Waals surface area contributed by atoms with Crippen molar-refractivity contribution in [1.82, 2.24) is 14.9 Å². The lowest BCUT2D eigenvalue weighted by molar-refractivity contribution is -0.144. The molecule has 5 rings (SSSR count). The van der Waals surface area contributed by atoms with Gasteiger partial charge in [-0.05, 0) is 35.9 Å². The summed E-state index contributed by atoms with van der Waals surface area (Å²) in [6.45, 7) is 1.00. The number of hydrogen-bond donors (Lipinski definition) is 3. The first-order valence-corrected chi connectivity index (χ1v) is 11.7. The Morgan fingerprint density at radius 3 is 2.76 bits per heavy atom. The maximum Gasteiger partial charge on any atom is 0.325 e. The molecule has 0 aliphatic carbocycles. The van der Waals surface area contributed by atoms with Gasteiger partial charge in [0.15, 0.2) is 11.5 Å². The zero-order chi connectivity index (χ0) is 23.8. The van der Waals surface area contributed by atoms with Crippen molar-refractivity contribution in [1.29, 1.82) is 0 Å². The highest BCUT2D eigenvalue weighted by atomic mass is 32.1. The molecule has 9 heteroatoms. The van der Waals surface area contributed by atoms with Crippen LogP contribution in [0.25, 0.3) is 21.5 Å². The minimum atomic E-state index is -0.900. The van der Waals surface area contributed by atoms with Crippen molar-refractivity contribution in [3.63, 3.8) is 0 Å². The molecule has 1 aliphatic heterocycles. The molecule has 0 saturated carbocycles. The third-order valence-corrected chi connectivity index (χ3v) is 7.38. The molecule has 0 radical (unpaired) electrons. The van der Waals surface area contributed by atoms with Crippen LogP contribution >= 0.6 is 11.3 Å². The number of aliphatic hydroxyl groups is 1. The molecular formula is C25H25N3O5S. The molecule has 8 nitrogen and oxygen atoms in total. The summed E-state index contributed by atoms with van der Waals surface area (Å²) in [5, 5.41) is 21.4. The van der Waals surface area contributed by atoms with Crippen molar-refractivity contribution in [2.24, 2.45) is 0 Å². The van der Waals surface area contributed by atoms with Gasteiger partial charge in [-0.25, -0.2) is 4.98 Å². The molecule has 3 heterocycles. The maximum atomic E-state index is 12.4. The number of nitrogens with one attached hydrogen (secondary N) is 1. The number of aliphatic hydroxyl groups excluding tert-OH is 1. The number of H-pyrrole nitrogens is 1. The van der Waals surface area contributed by atoms with Crippen LogP contribution in [-0.2, 0) is 24.4 Å². The minimum absolute atomic E-state index is 0.0921. The Hall–Kier alpha value is -3.40. The quantitative estimate of drug-likeness (QED) is 0.368. The van der Waals surface area contributed by atoms with Gasteiger partial charge in [0, 0.05) is 52.6 Å². The second-order valence-corrected chi connectivity index (χ2v) is 9.29. The van der Waals surface area contributed by atoms with Crippen LogP contribution in [-0.4, -0.2) is 51.8 Å². The summed E-state index contributed by atoms with van der Waals surface area (Å²) in [4.78, 5) is 23.5. The van der Waals surface area contributed by atoms with Gasteiger partial charge in [0.05, 0.1) is 26.5 Å². The standard InChI is InChI=1S/C25H25N3O5S/c1-32-20-6-4-15(10-21(20)33-2)24-27-19-7-8-28(12-22(19)34-24)23(25(30)31)17-11-26-18-5-3-14(13-29)9-16(17)18/h3-6,9-11,23,26,29H,7-8,12-13H2,1-2H3,(H,30,31)/t23-/m1/s1. The van der Waals surface area contributed by atoms with Crippen LogP contribution in [0.15, 0.2) is 42.6 Å². The molecule has 0 unspecified atom stereocenters. The van der Waals surface area contributed by atoms with Gasteiger partial charge < -0.3 is 24.7 Å². The second kappa shape index (κ2) is 9.09. The predicted octanol–water partition coefficient (Wildman–Crippen LogP) is 3.98. The van der Waals surface area contributed by atoms with E-state index in [9.17, 15) is 15.0 Å². The summed E-state index contributed by atoms with van der Waals surface area (Å²) in [6.07, 6.45) is 2.44. The van der Waals surface area contributed by atoms with Crippen LogP contribution in [0.5, 0.6) is 11.5 Å². The summed E-state index contributed by atoms with van der Waals surface area (Å²) in [5.41, 5.74) is 4.25. The first-order valence-electron chi connectivity index (χ1n) is 10.9. The Morgan fingerprint density at radius 1 is 1.21 bits per heavy atom. The number of aromatic amines is 1. The average molecular weight is 480 g/mol. The second-order valence-electron chi connectivity index (χ2n) is 8.20. The van der Waals surface area contributed by atoms with E-state index in [2.05, 4.69) is 4.98 Å². The maximum absolute atomic E-state index is 12.4. The summed E-state index contributed by atoms with van der Waals surface area (Å²) in [7, 11) is 3.21. The molecular weight excluding hydrogens is 454 g/mol. The Kier molecular flexibility index (Phi) is 5.99. The molecule has 0 bridgehead atoms. The molecule has 34 heavy (non-hydrogen) atoms. The largest absolute Gasteiger partial charge is 0.493 e. The Morgan fingerprint density at radius 2 is 2.03 bits per heavy atom. The molecule has 0 spiro atoms. The van der Waals surface area contributed by atoms with Crippen LogP contribution in [0, 0.1) is 0 Å². The first kappa shape index (κ1) is 22.4. The molecule has 176 valence electrons. The number of benzene rings is 2. The normalized spacial score (nSPS) is 14.7. The van der Waals surface area contributed by atoms with Crippen molar-refractivity contribution >= 4 is 28.2 Å². The number of aromatic nitrogens is 2. The van der Waals surface area contributed by atoms with Crippen molar-refractivity contribution < 1.29 is 24.5 Å². The zero-order valence-electron chi connectivity index (χ0n) is 18.9. The average Bonchev–Trinajstić information content (AvgIpc) is 3.47. The lowest BCUT2D eigenvalue weighted by atomic mass is 10.0. The molecule has 4 aromatic rings. The Labute approximate surface area is 200 Å². The van der Waals surface area contributed by atoms with Gasteiger partial charge >= 0.3 is 5.97 Å². The van der Waals surface area contributed by atoms with Gasteiger partial charge in [-0.15, -0.1) is 11.3 Å². The fourth-order valence-corrected chi connectivity index (χ4v) is 5.66. The fourth-order valence-electron chi connectivity index (χ4n) is 4.53. The smallest absolute Gasteiger partial charge is 0.325 e. The van der Waals surface area contributed by atoms with Crippen molar-refractivity contribution in [3.8, 4) is 22.1 Å². The molecule has 0 fully saturated rings. The highest BCUT2D eigenvalue weighted by molar-refractivity contribution is 7.15. The molecule has 1 aliphatic rings. The van der Waals surface area contributed by atoms with E-state index < -0.39 is 12.0 Å². The highest BCUT2D eigenvalue weighted by Crippen LogP contribution is 2.39. The number of thiazole rings is 1. The van der Waals surface area contributed by atoms with Crippen LogP contribution in [0.4, 0.5) is 0 Å². The molecule has 2 aromatic carbocycles. The van der Waals surface area contributed by atoms with Gasteiger partial charge in [-0.2, -0.15) is 0 Å². The van der Waals surface area contributed by atoms with E-state index in [1.54, 1.807) is 31.8 Å². The number of methoxy groups -OCH3 is 2. The van der Waals surface area contributed by atoms with Crippen LogP contribution < -0.4 is 9.47 Å². The number of aliphatic carboxylic acids is 1. The monoisotopic (exact) mass is 479 g/mol. The predicted molar refractivity (Wildman–Crippen MR) is 129 cm³/mol. The van der Waals surface area contributed by atoms with Gasteiger partial charge in [-0.3, -0.25) is 9.69 Å². The van der Waals surface area contributed by atoms with E-state index in [4.69, 9.17) is 14.5 Å². The zero-order valence-corrected chi connectivity index (χ0v) is 19.7. The van der Waals surface area contributed by atoms with E-state index in [1.165, 1.54) is 0 Å². The summed E-state index contributed by atoms with van der Waals surface area (Å²) in [5.74, 6) is 0.400. The van der Waals surface area contributed by atoms with E-state index in [0.717, 1.165) is 37.6 Å². The summed E-state index contributed by atoms with van der Waals surface area (Å²) < 4.78 is 10.8. The highest BCUT2D eigenvalue weighted by Gasteiger charge is 2.33. The number of carbonyl (C=O) groups is 1.